The number of non-ortho nitro benzene ring substituents is 1. The average molecular weight is 399 g/mol. The smallest absolute Gasteiger partial charge is 0.337 e. The summed E-state index contributed by atoms with van der Waals surface area (Å²) < 4.78 is 11.5. The molecule has 7 heteroatoms. The van der Waals surface area contributed by atoms with Crippen LogP contribution in [-0.2, 0) is 16.0 Å². The van der Waals surface area contributed by atoms with Gasteiger partial charge in [-0.05, 0) is 74.9 Å². The Morgan fingerprint density at radius 1 is 1.28 bits per heavy atom. The SMILES string of the molecule is Cc1cc([N+](=O)[O-])cc(C(OC(C)(C)C)C(=O)O)c1-c1ccc2c(c1)CCCO2. The zero-order chi connectivity index (χ0) is 21.3. The van der Waals surface area contributed by atoms with Crippen LogP contribution < -0.4 is 4.74 Å². The molecule has 0 amide bonds. The number of carboxylic acids is 1. The standard InChI is InChI=1S/C22H25NO6/c1-13-10-16(23(26)27)12-17(20(21(24)25)29-22(2,3)4)19(13)15-7-8-18-14(11-15)6-5-9-28-18/h7-8,10-12,20H,5-6,9H2,1-4H3,(H,24,25). The van der Waals surface area contributed by atoms with Crippen LogP contribution in [-0.4, -0.2) is 28.2 Å². The molecule has 0 aromatic heterocycles. The topological polar surface area (TPSA) is 98.9 Å². The Bertz CT molecular complexity index is 961. The van der Waals surface area contributed by atoms with Crippen molar-refractivity contribution in [2.75, 3.05) is 6.61 Å². The quantitative estimate of drug-likeness (QED) is 0.571. The molecule has 2 aromatic rings. The molecular weight excluding hydrogens is 374 g/mol. The number of benzene rings is 2. The lowest BCUT2D eigenvalue weighted by molar-refractivity contribution is -0.385. The van der Waals surface area contributed by atoms with E-state index < -0.39 is 22.6 Å². The van der Waals surface area contributed by atoms with Gasteiger partial charge in [-0.1, -0.05) is 6.07 Å². The van der Waals surface area contributed by atoms with Gasteiger partial charge in [0, 0.05) is 17.7 Å². The predicted molar refractivity (Wildman–Crippen MR) is 108 cm³/mol. The van der Waals surface area contributed by atoms with Gasteiger partial charge in [0.25, 0.3) is 5.69 Å². The molecule has 1 aliphatic rings. The number of hydrogen-bond donors (Lipinski definition) is 1. The van der Waals surface area contributed by atoms with Crippen LogP contribution in [0.1, 0.15) is 50.0 Å². The lowest BCUT2D eigenvalue weighted by Crippen LogP contribution is -2.28. The van der Waals surface area contributed by atoms with Crippen LogP contribution in [0.5, 0.6) is 5.75 Å². The highest BCUT2D eigenvalue weighted by Crippen LogP contribution is 2.40. The number of rotatable bonds is 5. The number of hydrogen-bond acceptors (Lipinski definition) is 5. The summed E-state index contributed by atoms with van der Waals surface area (Å²) in [4.78, 5) is 23.0. The van der Waals surface area contributed by atoms with Crippen molar-refractivity contribution < 1.29 is 24.3 Å². The maximum Gasteiger partial charge on any atom is 0.337 e. The second-order valence-electron chi connectivity index (χ2n) is 8.21. The average Bonchev–Trinajstić information content (AvgIpc) is 2.64. The normalized spacial score (nSPS) is 14.6. The van der Waals surface area contributed by atoms with E-state index in [9.17, 15) is 20.0 Å². The fraction of sp³-hybridized carbons (Fsp3) is 0.409. The van der Waals surface area contributed by atoms with E-state index in [0.717, 1.165) is 29.7 Å². The molecule has 1 N–H and O–H groups in total. The molecule has 0 saturated heterocycles. The molecule has 0 radical (unpaired) electrons. The Hall–Kier alpha value is -2.93. The summed E-state index contributed by atoms with van der Waals surface area (Å²) in [6.45, 7) is 7.68. The van der Waals surface area contributed by atoms with E-state index in [0.29, 0.717) is 17.7 Å². The van der Waals surface area contributed by atoms with Crippen LogP contribution in [0.25, 0.3) is 11.1 Å². The Balaban J connectivity index is 2.23. The third-order valence-electron chi connectivity index (χ3n) is 4.74. The van der Waals surface area contributed by atoms with E-state index in [4.69, 9.17) is 9.47 Å². The molecule has 29 heavy (non-hydrogen) atoms. The number of fused-ring (bicyclic) bond motifs is 1. The van der Waals surface area contributed by atoms with Crippen molar-refractivity contribution in [1.29, 1.82) is 0 Å². The minimum Gasteiger partial charge on any atom is -0.493 e. The minimum absolute atomic E-state index is 0.161. The van der Waals surface area contributed by atoms with Gasteiger partial charge in [-0.25, -0.2) is 4.79 Å². The summed E-state index contributed by atoms with van der Waals surface area (Å²) in [7, 11) is 0. The van der Waals surface area contributed by atoms with Crippen molar-refractivity contribution in [2.45, 2.75) is 52.2 Å². The van der Waals surface area contributed by atoms with Gasteiger partial charge < -0.3 is 14.6 Å². The fourth-order valence-electron chi connectivity index (χ4n) is 3.62. The summed E-state index contributed by atoms with van der Waals surface area (Å²) >= 11 is 0. The monoisotopic (exact) mass is 399 g/mol. The number of nitrogens with zero attached hydrogens (tertiary/aromatic N) is 1. The summed E-state index contributed by atoms with van der Waals surface area (Å²) in [6.07, 6.45) is 0.439. The number of carboxylic acid groups (broad SMARTS) is 1. The Morgan fingerprint density at radius 3 is 2.62 bits per heavy atom. The van der Waals surface area contributed by atoms with Crippen molar-refractivity contribution in [3.63, 3.8) is 0 Å². The van der Waals surface area contributed by atoms with Crippen LogP contribution in [0.4, 0.5) is 5.69 Å². The van der Waals surface area contributed by atoms with Crippen LogP contribution >= 0.6 is 0 Å². The zero-order valence-electron chi connectivity index (χ0n) is 17.0. The summed E-state index contributed by atoms with van der Waals surface area (Å²) in [5.41, 5.74) is 2.46. The van der Waals surface area contributed by atoms with Gasteiger partial charge >= 0.3 is 5.97 Å². The van der Waals surface area contributed by atoms with Crippen molar-refractivity contribution in [1.82, 2.24) is 0 Å². The van der Waals surface area contributed by atoms with Gasteiger partial charge in [0.05, 0.1) is 17.1 Å². The molecule has 3 rings (SSSR count). The Morgan fingerprint density at radius 2 is 2.00 bits per heavy atom. The minimum atomic E-state index is -1.34. The van der Waals surface area contributed by atoms with Gasteiger partial charge in [-0.15, -0.1) is 0 Å². The molecule has 1 unspecified atom stereocenters. The molecule has 0 bridgehead atoms. The first-order chi connectivity index (χ1) is 13.6. The Labute approximate surface area is 169 Å². The van der Waals surface area contributed by atoms with E-state index >= 15 is 0 Å². The predicted octanol–water partition coefficient (Wildman–Crippen LogP) is 4.84. The molecule has 2 aromatic carbocycles. The molecule has 1 aliphatic heterocycles. The van der Waals surface area contributed by atoms with Crippen LogP contribution in [0, 0.1) is 17.0 Å². The highest BCUT2D eigenvalue weighted by Gasteiger charge is 2.31. The fourth-order valence-corrected chi connectivity index (χ4v) is 3.62. The van der Waals surface area contributed by atoms with Gasteiger partial charge in [-0.2, -0.15) is 0 Å². The van der Waals surface area contributed by atoms with Crippen LogP contribution in [0.15, 0.2) is 30.3 Å². The van der Waals surface area contributed by atoms with E-state index in [1.54, 1.807) is 27.7 Å². The molecule has 1 atom stereocenters. The summed E-state index contributed by atoms with van der Waals surface area (Å²) in [5.74, 6) is -0.371. The number of ether oxygens (including phenoxy) is 2. The van der Waals surface area contributed by atoms with Gasteiger partial charge in [-0.3, -0.25) is 10.1 Å². The first kappa shape index (κ1) is 20.8. The lowest BCUT2D eigenvalue weighted by atomic mass is 9.89. The Kier molecular flexibility index (Phi) is 5.61. The van der Waals surface area contributed by atoms with Gasteiger partial charge in [0.15, 0.2) is 6.10 Å². The second-order valence-corrected chi connectivity index (χ2v) is 8.21. The number of aryl methyl sites for hydroxylation is 2. The van der Waals surface area contributed by atoms with Crippen molar-refractivity contribution >= 4 is 11.7 Å². The molecule has 7 nitrogen and oxygen atoms in total. The molecule has 0 aliphatic carbocycles. The zero-order valence-corrected chi connectivity index (χ0v) is 17.0. The summed E-state index contributed by atoms with van der Waals surface area (Å²) in [6, 6.07) is 8.47. The van der Waals surface area contributed by atoms with E-state index in [1.165, 1.54) is 12.1 Å². The van der Waals surface area contributed by atoms with Crippen molar-refractivity contribution in [3.8, 4) is 16.9 Å². The maximum atomic E-state index is 12.1. The van der Waals surface area contributed by atoms with Crippen LogP contribution in [0.3, 0.4) is 0 Å². The molecular formula is C22H25NO6. The first-order valence-electron chi connectivity index (χ1n) is 9.52. The van der Waals surface area contributed by atoms with Crippen molar-refractivity contribution in [3.05, 3.63) is 57.1 Å². The third kappa shape index (κ3) is 4.56. The van der Waals surface area contributed by atoms with E-state index in [1.807, 2.05) is 18.2 Å². The first-order valence-corrected chi connectivity index (χ1v) is 9.52. The highest BCUT2D eigenvalue weighted by atomic mass is 16.6. The molecule has 0 spiro atoms. The second kappa shape index (κ2) is 7.83. The van der Waals surface area contributed by atoms with E-state index in [-0.39, 0.29) is 11.3 Å². The molecule has 0 saturated carbocycles. The van der Waals surface area contributed by atoms with E-state index in [2.05, 4.69) is 0 Å². The van der Waals surface area contributed by atoms with Gasteiger partial charge in [0.2, 0.25) is 0 Å². The number of carbonyl (C=O) groups is 1. The molecule has 0 fully saturated rings. The number of nitro groups is 1. The van der Waals surface area contributed by atoms with Crippen LogP contribution in [0.2, 0.25) is 0 Å². The number of aliphatic carboxylic acids is 1. The lowest BCUT2D eigenvalue weighted by Gasteiger charge is -2.27. The molecule has 1 heterocycles. The maximum absolute atomic E-state index is 12.1. The summed E-state index contributed by atoms with van der Waals surface area (Å²) in [5, 5.41) is 21.3. The largest absolute Gasteiger partial charge is 0.493 e. The molecule has 154 valence electrons. The third-order valence-corrected chi connectivity index (χ3v) is 4.74. The number of nitro benzene ring substituents is 1. The highest BCUT2D eigenvalue weighted by molar-refractivity contribution is 5.82. The van der Waals surface area contributed by atoms with Gasteiger partial charge in [0.1, 0.15) is 5.75 Å². The van der Waals surface area contributed by atoms with Crippen molar-refractivity contribution in [2.24, 2.45) is 0 Å².